The molecule has 0 saturated heterocycles. The second-order valence-corrected chi connectivity index (χ2v) is 7.16. The van der Waals surface area contributed by atoms with E-state index in [1.807, 2.05) is 6.26 Å². The van der Waals surface area contributed by atoms with Crippen LogP contribution in [0.4, 0.5) is 0 Å². The first kappa shape index (κ1) is 18.0. The summed E-state index contributed by atoms with van der Waals surface area (Å²) >= 11 is 1.65. The summed E-state index contributed by atoms with van der Waals surface area (Å²) in [7, 11) is -3.66. The second kappa shape index (κ2) is 8.38. The van der Waals surface area contributed by atoms with Gasteiger partial charge in [-0.25, -0.2) is 13.6 Å². The van der Waals surface area contributed by atoms with Crippen molar-refractivity contribution in [3.8, 4) is 0 Å². The van der Waals surface area contributed by atoms with Gasteiger partial charge in [-0.15, -0.1) is 0 Å². The van der Waals surface area contributed by atoms with Gasteiger partial charge in [-0.1, -0.05) is 12.1 Å². The molecule has 21 heavy (non-hydrogen) atoms. The van der Waals surface area contributed by atoms with E-state index in [1.165, 1.54) is 12.1 Å². The van der Waals surface area contributed by atoms with Crippen LogP contribution < -0.4 is 16.2 Å². The average Bonchev–Trinajstić information content (AvgIpc) is 2.44. The van der Waals surface area contributed by atoms with E-state index < -0.39 is 16.1 Å². The Morgan fingerprint density at radius 2 is 1.95 bits per heavy atom. The highest BCUT2D eigenvalue weighted by Gasteiger charge is 2.12. The van der Waals surface area contributed by atoms with Crippen LogP contribution in [0.15, 0.2) is 29.2 Å². The monoisotopic (exact) mass is 331 g/mol. The molecule has 8 heteroatoms. The van der Waals surface area contributed by atoms with Crippen LogP contribution in [0.1, 0.15) is 12.0 Å². The van der Waals surface area contributed by atoms with E-state index in [9.17, 15) is 13.2 Å². The minimum absolute atomic E-state index is 0.0781. The molecule has 0 saturated carbocycles. The third kappa shape index (κ3) is 6.47. The Bertz CT molecular complexity index is 559. The maximum absolute atomic E-state index is 11.7. The molecule has 0 spiro atoms. The Morgan fingerprint density at radius 3 is 2.48 bits per heavy atom. The number of nitrogens with two attached hydrogens (primary N) is 2. The number of rotatable bonds is 8. The van der Waals surface area contributed by atoms with Gasteiger partial charge >= 0.3 is 0 Å². The van der Waals surface area contributed by atoms with Crippen LogP contribution in [0.5, 0.6) is 0 Å². The molecule has 1 aromatic rings. The molecule has 0 bridgehead atoms. The van der Waals surface area contributed by atoms with Crippen LogP contribution in [0.3, 0.4) is 0 Å². The summed E-state index contributed by atoms with van der Waals surface area (Å²) in [4.78, 5) is 11.8. The first-order chi connectivity index (χ1) is 9.84. The third-order valence-electron chi connectivity index (χ3n) is 2.93. The van der Waals surface area contributed by atoms with Gasteiger partial charge in [0, 0.05) is 6.54 Å². The summed E-state index contributed by atoms with van der Waals surface area (Å²) < 4.78 is 22.2. The Morgan fingerprint density at radius 1 is 1.33 bits per heavy atom. The fourth-order valence-electron chi connectivity index (χ4n) is 1.68. The van der Waals surface area contributed by atoms with E-state index in [2.05, 4.69) is 5.32 Å². The van der Waals surface area contributed by atoms with Gasteiger partial charge in [0.15, 0.2) is 0 Å². The maximum Gasteiger partial charge on any atom is 0.238 e. The Labute approximate surface area is 129 Å². The van der Waals surface area contributed by atoms with E-state index >= 15 is 0 Å². The van der Waals surface area contributed by atoms with E-state index in [0.717, 1.165) is 11.3 Å². The number of hydrogen-bond acceptors (Lipinski definition) is 5. The minimum atomic E-state index is -3.66. The second-order valence-electron chi connectivity index (χ2n) is 4.62. The van der Waals surface area contributed by atoms with Crippen molar-refractivity contribution in [2.45, 2.75) is 23.8 Å². The molecule has 0 aliphatic heterocycles. The summed E-state index contributed by atoms with van der Waals surface area (Å²) in [5, 5.41) is 7.79. The van der Waals surface area contributed by atoms with E-state index in [-0.39, 0.29) is 10.8 Å². The van der Waals surface area contributed by atoms with Crippen molar-refractivity contribution in [1.82, 2.24) is 5.32 Å². The zero-order valence-electron chi connectivity index (χ0n) is 11.9. The SMILES string of the molecule is CSCC[C@H](N)C(=O)NCCc1ccc(S(N)(=O)=O)cc1. The predicted octanol–water partition coefficient (Wildman–Crippen LogP) is 0.0731. The number of primary sulfonamides is 1. The quantitative estimate of drug-likeness (QED) is 0.623. The Kier molecular flexibility index (Phi) is 7.16. The Balaban J connectivity index is 2.41. The topological polar surface area (TPSA) is 115 Å². The predicted molar refractivity (Wildman–Crippen MR) is 85.5 cm³/mol. The molecule has 0 fully saturated rings. The molecule has 0 unspecified atom stereocenters. The zero-order chi connectivity index (χ0) is 15.9. The van der Waals surface area contributed by atoms with Gasteiger partial charge in [0.2, 0.25) is 15.9 Å². The smallest absolute Gasteiger partial charge is 0.238 e. The molecule has 118 valence electrons. The number of carbonyl (C=O) groups is 1. The highest BCUT2D eigenvalue weighted by Crippen LogP contribution is 2.09. The number of thioether (sulfide) groups is 1. The molecule has 1 atom stereocenters. The minimum Gasteiger partial charge on any atom is -0.354 e. The van der Waals surface area contributed by atoms with Crippen molar-refractivity contribution >= 4 is 27.7 Å². The van der Waals surface area contributed by atoms with Crippen molar-refractivity contribution in [3.63, 3.8) is 0 Å². The molecule has 1 aromatic carbocycles. The Hall–Kier alpha value is -1.09. The highest BCUT2D eigenvalue weighted by molar-refractivity contribution is 7.98. The first-order valence-corrected chi connectivity index (χ1v) is 9.42. The number of hydrogen-bond donors (Lipinski definition) is 3. The third-order valence-corrected chi connectivity index (χ3v) is 4.51. The van der Waals surface area contributed by atoms with Crippen LogP contribution >= 0.6 is 11.8 Å². The number of carbonyl (C=O) groups excluding carboxylic acids is 1. The summed E-state index contributed by atoms with van der Waals surface area (Å²) in [5.41, 5.74) is 6.66. The molecular weight excluding hydrogens is 310 g/mol. The van der Waals surface area contributed by atoms with Crippen LogP contribution in [0.25, 0.3) is 0 Å². The van der Waals surface area contributed by atoms with Gasteiger partial charge in [0.25, 0.3) is 0 Å². The molecule has 6 nitrogen and oxygen atoms in total. The van der Waals surface area contributed by atoms with Crippen molar-refractivity contribution < 1.29 is 13.2 Å². The molecule has 1 rings (SSSR count). The van der Waals surface area contributed by atoms with E-state index in [0.29, 0.717) is 19.4 Å². The van der Waals surface area contributed by atoms with Crippen molar-refractivity contribution in [3.05, 3.63) is 29.8 Å². The van der Waals surface area contributed by atoms with Gasteiger partial charge in [0.1, 0.15) is 0 Å². The van der Waals surface area contributed by atoms with Gasteiger partial charge in [-0.3, -0.25) is 4.79 Å². The lowest BCUT2D eigenvalue weighted by molar-refractivity contribution is -0.122. The highest BCUT2D eigenvalue weighted by atomic mass is 32.2. The lowest BCUT2D eigenvalue weighted by atomic mass is 10.1. The van der Waals surface area contributed by atoms with Crippen molar-refractivity contribution in [2.75, 3.05) is 18.6 Å². The van der Waals surface area contributed by atoms with Crippen LogP contribution in [-0.2, 0) is 21.2 Å². The first-order valence-electron chi connectivity index (χ1n) is 6.48. The molecular formula is C13H21N3O3S2. The summed E-state index contributed by atoms with van der Waals surface area (Å²) in [6, 6.07) is 5.79. The summed E-state index contributed by atoms with van der Waals surface area (Å²) in [5.74, 6) is 0.689. The number of benzene rings is 1. The molecule has 0 radical (unpaired) electrons. The summed E-state index contributed by atoms with van der Waals surface area (Å²) in [6.07, 6.45) is 3.22. The normalized spacial score (nSPS) is 12.9. The molecule has 0 aliphatic rings. The van der Waals surface area contributed by atoms with Crippen LogP contribution in [0.2, 0.25) is 0 Å². The van der Waals surface area contributed by atoms with Gasteiger partial charge in [0.05, 0.1) is 10.9 Å². The van der Waals surface area contributed by atoms with Gasteiger partial charge in [-0.2, -0.15) is 11.8 Å². The van der Waals surface area contributed by atoms with Gasteiger partial charge in [-0.05, 0) is 42.5 Å². The van der Waals surface area contributed by atoms with Crippen molar-refractivity contribution in [1.29, 1.82) is 0 Å². The van der Waals surface area contributed by atoms with E-state index in [1.54, 1.807) is 23.9 Å². The number of nitrogens with one attached hydrogen (secondary N) is 1. The molecule has 0 aliphatic carbocycles. The lowest BCUT2D eigenvalue weighted by Gasteiger charge is -2.11. The molecule has 0 aromatic heterocycles. The maximum atomic E-state index is 11.7. The van der Waals surface area contributed by atoms with Crippen LogP contribution in [0, 0.1) is 0 Å². The zero-order valence-corrected chi connectivity index (χ0v) is 13.5. The van der Waals surface area contributed by atoms with Crippen molar-refractivity contribution in [2.24, 2.45) is 10.9 Å². The number of sulfonamides is 1. The molecule has 1 amide bonds. The number of amides is 1. The molecule has 0 heterocycles. The average molecular weight is 331 g/mol. The van der Waals surface area contributed by atoms with Gasteiger partial charge < -0.3 is 11.1 Å². The molecule has 5 N–H and O–H groups in total. The lowest BCUT2D eigenvalue weighted by Crippen LogP contribution is -2.41. The van der Waals surface area contributed by atoms with Crippen LogP contribution in [-0.4, -0.2) is 38.9 Å². The largest absolute Gasteiger partial charge is 0.354 e. The fourth-order valence-corrected chi connectivity index (χ4v) is 2.69. The standard InChI is InChI=1S/C13H21N3O3S2/c1-20-9-7-12(14)13(17)16-8-6-10-2-4-11(5-3-10)21(15,18)19/h2-5,12H,6-9,14H2,1H3,(H,16,17)(H2,15,18,19)/t12-/m0/s1. The summed E-state index contributed by atoms with van der Waals surface area (Å²) in [6.45, 7) is 0.459. The van der Waals surface area contributed by atoms with E-state index in [4.69, 9.17) is 10.9 Å². The fraction of sp³-hybridized carbons (Fsp3) is 0.462.